The van der Waals surface area contributed by atoms with Crippen LogP contribution in [-0.2, 0) is 9.53 Å². The van der Waals surface area contributed by atoms with Gasteiger partial charge in [-0.3, -0.25) is 9.69 Å². The van der Waals surface area contributed by atoms with Crippen LogP contribution in [0.2, 0.25) is 0 Å². The van der Waals surface area contributed by atoms with E-state index < -0.39 is 0 Å². The van der Waals surface area contributed by atoms with Crippen LogP contribution in [0, 0.1) is 0 Å². The van der Waals surface area contributed by atoms with E-state index in [4.69, 9.17) is 10.5 Å². The molecule has 0 fully saturated rings. The number of likely N-dealkylation sites (N-methyl/N-ethyl adjacent to an activating group) is 1. The van der Waals surface area contributed by atoms with E-state index in [9.17, 15) is 4.79 Å². The second-order valence-electron chi connectivity index (χ2n) is 3.73. The lowest BCUT2D eigenvalue weighted by molar-refractivity contribution is -0.134. The Morgan fingerprint density at radius 3 is 2.40 bits per heavy atom. The van der Waals surface area contributed by atoms with Crippen molar-refractivity contribution in [3.63, 3.8) is 0 Å². The summed E-state index contributed by atoms with van der Waals surface area (Å²) in [6, 6.07) is -0.140. The molecule has 5 heteroatoms. The molecule has 0 aliphatic rings. The SMILES string of the molecule is COCCN(CCN)C(C)C(=O)N(C)C. The van der Waals surface area contributed by atoms with Gasteiger partial charge in [0.2, 0.25) is 5.91 Å². The van der Waals surface area contributed by atoms with Crippen molar-refractivity contribution < 1.29 is 9.53 Å². The monoisotopic (exact) mass is 217 g/mol. The number of methoxy groups -OCH3 is 1. The smallest absolute Gasteiger partial charge is 0.239 e. The van der Waals surface area contributed by atoms with E-state index >= 15 is 0 Å². The zero-order valence-electron chi connectivity index (χ0n) is 10.2. The Hall–Kier alpha value is -0.650. The predicted octanol–water partition coefficient (Wildman–Crippen LogP) is -0.630. The summed E-state index contributed by atoms with van der Waals surface area (Å²) in [4.78, 5) is 15.4. The molecule has 0 spiro atoms. The van der Waals surface area contributed by atoms with Crippen molar-refractivity contribution in [3.05, 3.63) is 0 Å². The van der Waals surface area contributed by atoms with Gasteiger partial charge in [-0.2, -0.15) is 0 Å². The largest absolute Gasteiger partial charge is 0.383 e. The highest BCUT2D eigenvalue weighted by molar-refractivity contribution is 5.80. The molecule has 90 valence electrons. The lowest BCUT2D eigenvalue weighted by Crippen LogP contribution is -2.47. The van der Waals surface area contributed by atoms with Gasteiger partial charge in [-0.1, -0.05) is 0 Å². The Balaban J connectivity index is 4.26. The molecule has 0 aromatic rings. The number of nitrogens with zero attached hydrogens (tertiary/aromatic N) is 2. The molecule has 0 saturated heterocycles. The van der Waals surface area contributed by atoms with Gasteiger partial charge in [0.25, 0.3) is 0 Å². The molecule has 5 nitrogen and oxygen atoms in total. The molecule has 0 aromatic carbocycles. The van der Waals surface area contributed by atoms with Crippen LogP contribution in [0.4, 0.5) is 0 Å². The molecule has 0 aliphatic heterocycles. The first-order valence-electron chi connectivity index (χ1n) is 5.18. The Morgan fingerprint density at radius 1 is 1.40 bits per heavy atom. The molecule has 1 amide bonds. The van der Waals surface area contributed by atoms with Crippen LogP contribution in [0.15, 0.2) is 0 Å². The second-order valence-corrected chi connectivity index (χ2v) is 3.73. The van der Waals surface area contributed by atoms with Crippen molar-refractivity contribution >= 4 is 5.91 Å². The van der Waals surface area contributed by atoms with Crippen molar-refractivity contribution in [1.29, 1.82) is 0 Å². The number of hydrogen-bond acceptors (Lipinski definition) is 4. The third-order valence-electron chi connectivity index (χ3n) is 2.34. The summed E-state index contributed by atoms with van der Waals surface area (Å²) in [5, 5.41) is 0. The highest BCUT2D eigenvalue weighted by atomic mass is 16.5. The first-order chi connectivity index (χ1) is 7.04. The van der Waals surface area contributed by atoms with Gasteiger partial charge < -0.3 is 15.4 Å². The van der Waals surface area contributed by atoms with Gasteiger partial charge in [0.05, 0.1) is 12.6 Å². The summed E-state index contributed by atoms with van der Waals surface area (Å²) in [6.45, 7) is 4.51. The van der Waals surface area contributed by atoms with Crippen LogP contribution in [0.25, 0.3) is 0 Å². The molecule has 0 rings (SSSR count). The summed E-state index contributed by atoms with van der Waals surface area (Å²) in [5.41, 5.74) is 5.51. The number of amides is 1. The minimum Gasteiger partial charge on any atom is -0.383 e. The van der Waals surface area contributed by atoms with Crippen LogP contribution in [0.3, 0.4) is 0 Å². The quantitative estimate of drug-likeness (QED) is 0.617. The van der Waals surface area contributed by atoms with E-state index in [-0.39, 0.29) is 11.9 Å². The maximum Gasteiger partial charge on any atom is 0.239 e. The van der Waals surface area contributed by atoms with E-state index in [1.165, 1.54) is 0 Å². The van der Waals surface area contributed by atoms with Gasteiger partial charge in [-0.15, -0.1) is 0 Å². The van der Waals surface area contributed by atoms with Gasteiger partial charge in [0.15, 0.2) is 0 Å². The number of carbonyl (C=O) groups is 1. The van der Waals surface area contributed by atoms with Crippen LogP contribution in [-0.4, -0.2) is 69.2 Å². The number of rotatable bonds is 7. The molecular formula is C10H23N3O2. The van der Waals surface area contributed by atoms with Crippen LogP contribution in [0.5, 0.6) is 0 Å². The third-order valence-corrected chi connectivity index (χ3v) is 2.34. The number of nitrogens with two attached hydrogens (primary N) is 1. The average molecular weight is 217 g/mol. The van der Waals surface area contributed by atoms with Crippen molar-refractivity contribution in [2.75, 3.05) is 47.4 Å². The Labute approximate surface area is 92.2 Å². The fourth-order valence-corrected chi connectivity index (χ4v) is 1.40. The molecule has 15 heavy (non-hydrogen) atoms. The van der Waals surface area contributed by atoms with E-state index in [0.29, 0.717) is 19.7 Å². The van der Waals surface area contributed by atoms with Crippen molar-refractivity contribution in [3.8, 4) is 0 Å². The van der Waals surface area contributed by atoms with Crippen LogP contribution >= 0.6 is 0 Å². The molecule has 0 heterocycles. The third kappa shape index (κ3) is 5.11. The fraction of sp³-hybridized carbons (Fsp3) is 0.900. The molecule has 0 bridgehead atoms. The number of hydrogen-bond donors (Lipinski definition) is 1. The predicted molar refractivity (Wildman–Crippen MR) is 60.7 cm³/mol. The second kappa shape index (κ2) is 7.62. The van der Waals surface area contributed by atoms with Gasteiger partial charge >= 0.3 is 0 Å². The van der Waals surface area contributed by atoms with Crippen LogP contribution < -0.4 is 5.73 Å². The standard InChI is InChI=1S/C10H23N3O2/c1-9(10(14)12(2)3)13(6-5-11)7-8-15-4/h9H,5-8,11H2,1-4H3. The average Bonchev–Trinajstić information content (AvgIpc) is 2.22. The van der Waals surface area contributed by atoms with Gasteiger partial charge in [0, 0.05) is 40.8 Å². The van der Waals surface area contributed by atoms with E-state index in [1.807, 2.05) is 11.8 Å². The Bertz CT molecular complexity index is 186. The van der Waals surface area contributed by atoms with Gasteiger partial charge in [-0.05, 0) is 6.92 Å². The number of carbonyl (C=O) groups excluding carboxylic acids is 1. The topological polar surface area (TPSA) is 58.8 Å². The molecule has 2 N–H and O–H groups in total. The molecule has 0 saturated carbocycles. The highest BCUT2D eigenvalue weighted by Gasteiger charge is 2.21. The summed E-state index contributed by atoms with van der Waals surface area (Å²) in [7, 11) is 5.17. The lowest BCUT2D eigenvalue weighted by Gasteiger charge is -2.29. The molecule has 0 aromatic heterocycles. The summed E-state index contributed by atoms with van der Waals surface area (Å²) in [5.74, 6) is 0.0968. The molecule has 1 unspecified atom stereocenters. The maximum absolute atomic E-state index is 11.7. The molecular weight excluding hydrogens is 194 g/mol. The van der Waals surface area contributed by atoms with Crippen molar-refractivity contribution in [2.24, 2.45) is 5.73 Å². The fourth-order valence-electron chi connectivity index (χ4n) is 1.40. The molecule has 1 atom stereocenters. The minimum absolute atomic E-state index is 0.0968. The first kappa shape index (κ1) is 14.3. The first-order valence-corrected chi connectivity index (χ1v) is 5.18. The zero-order chi connectivity index (χ0) is 11.8. The number of ether oxygens (including phenoxy) is 1. The molecule has 0 aliphatic carbocycles. The zero-order valence-corrected chi connectivity index (χ0v) is 10.2. The normalized spacial score (nSPS) is 12.9. The van der Waals surface area contributed by atoms with Crippen LogP contribution in [0.1, 0.15) is 6.92 Å². The van der Waals surface area contributed by atoms with E-state index in [1.54, 1.807) is 26.1 Å². The summed E-state index contributed by atoms with van der Waals surface area (Å²) >= 11 is 0. The Morgan fingerprint density at radius 2 is 2.00 bits per heavy atom. The van der Waals surface area contributed by atoms with Gasteiger partial charge in [0.1, 0.15) is 0 Å². The maximum atomic E-state index is 11.7. The molecule has 0 radical (unpaired) electrons. The Kier molecular flexibility index (Phi) is 7.29. The lowest BCUT2D eigenvalue weighted by atomic mass is 10.2. The highest BCUT2D eigenvalue weighted by Crippen LogP contribution is 2.01. The van der Waals surface area contributed by atoms with Crippen molar-refractivity contribution in [1.82, 2.24) is 9.80 Å². The summed E-state index contributed by atoms with van der Waals surface area (Å²) < 4.78 is 5.00. The minimum atomic E-state index is -0.140. The summed E-state index contributed by atoms with van der Waals surface area (Å²) in [6.07, 6.45) is 0. The van der Waals surface area contributed by atoms with Crippen molar-refractivity contribution in [2.45, 2.75) is 13.0 Å². The van der Waals surface area contributed by atoms with Gasteiger partial charge in [-0.25, -0.2) is 0 Å². The van der Waals surface area contributed by atoms with E-state index in [2.05, 4.69) is 0 Å². The van der Waals surface area contributed by atoms with E-state index in [0.717, 1.165) is 6.54 Å².